The number of hydrogen-bond donors (Lipinski definition) is 1. The molecule has 1 N–H and O–H groups in total. The van der Waals surface area contributed by atoms with Crippen LogP contribution in [0.5, 0.6) is 0 Å². The van der Waals surface area contributed by atoms with Crippen LogP contribution in [0, 0.1) is 8.83 Å². The van der Waals surface area contributed by atoms with Crippen molar-refractivity contribution in [3.05, 3.63) is 38.8 Å². The Morgan fingerprint density at radius 2 is 2.25 bits per heavy atom. The minimum Gasteiger partial charge on any atom is -0.476 e. The maximum Gasteiger partial charge on any atom is 0.356 e. The normalized spacial score (nSPS) is 10.4. The molecule has 0 spiro atoms. The molecule has 0 saturated carbocycles. The molecule has 0 atom stereocenters. The topological polar surface area (TPSA) is 50.2 Å². The Kier molecular flexibility index (Phi) is 3.20. The van der Waals surface area contributed by atoms with Gasteiger partial charge >= 0.3 is 5.97 Å². The van der Waals surface area contributed by atoms with Crippen molar-refractivity contribution in [1.29, 1.82) is 0 Å². The number of carbonyl (C=O) groups is 1. The predicted octanol–water partition coefficient (Wildman–Crippen LogP) is 3.25. The number of aromatic nitrogens is 1. The lowest BCUT2D eigenvalue weighted by atomic mass is 10.1. The van der Waals surface area contributed by atoms with Gasteiger partial charge in [-0.2, -0.15) is 0 Å². The summed E-state index contributed by atoms with van der Waals surface area (Å²) >= 11 is 3.18. The van der Waals surface area contributed by atoms with Crippen LogP contribution in [-0.4, -0.2) is 16.1 Å². The van der Waals surface area contributed by atoms with Gasteiger partial charge in [-0.05, 0) is 40.3 Å². The van der Waals surface area contributed by atoms with E-state index in [2.05, 4.69) is 4.98 Å². The van der Waals surface area contributed by atoms with Crippen LogP contribution in [0.1, 0.15) is 10.5 Å². The second-order valence-corrected chi connectivity index (χ2v) is 5.71. The molecule has 0 fully saturated rings. The van der Waals surface area contributed by atoms with Gasteiger partial charge in [0.1, 0.15) is 5.82 Å². The van der Waals surface area contributed by atoms with Gasteiger partial charge in [-0.15, -0.1) is 11.3 Å². The molecule has 0 aliphatic carbocycles. The van der Waals surface area contributed by atoms with Crippen molar-refractivity contribution in [3.63, 3.8) is 0 Å². The van der Waals surface area contributed by atoms with Crippen LogP contribution in [0.2, 0.25) is 0 Å². The fourth-order valence-corrected chi connectivity index (χ4v) is 2.95. The molecule has 0 unspecified atom stereocenters. The van der Waals surface area contributed by atoms with Crippen LogP contribution in [0.15, 0.2) is 24.3 Å². The average molecular weight is 349 g/mol. The first-order chi connectivity index (χ1) is 7.58. The summed E-state index contributed by atoms with van der Waals surface area (Å²) in [5.74, 6) is -1.49. The van der Waals surface area contributed by atoms with E-state index in [0.29, 0.717) is 13.5 Å². The molecule has 2 aromatic rings. The number of rotatable bonds is 2. The van der Waals surface area contributed by atoms with Crippen molar-refractivity contribution in [2.24, 2.45) is 0 Å². The van der Waals surface area contributed by atoms with E-state index in [4.69, 9.17) is 5.11 Å². The highest BCUT2D eigenvalue weighted by Crippen LogP contribution is 2.31. The van der Waals surface area contributed by atoms with Crippen LogP contribution in [0.25, 0.3) is 10.4 Å². The number of benzene rings is 1. The third kappa shape index (κ3) is 2.22. The van der Waals surface area contributed by atoms with Crippen molar-refractivity contribution in [2.75, 3.05) is 0 Å². The fourth-order valence-electron chi connectivity index (χ4n) is 1.26. The highest BCUT2D eigenvalue weighted by atomic mass is 127. The van der Waals surface area contributed by atoms with Gasteiger partial charge in [0, 0.05) is 0 Å². The minimum absolute atomic E-state index is 0.0278. The number of carboxylic acid groups (broad SMARTS) is 1. The monoisotopic (exact) mass is 349 g/mol. The summed E-state index contributed by atoms with van der Waals surface area (Å²) in [7, 11) is 0. The van der Waals surface area contributed by atoms with E-state index in [1.807, 2.05) is 22.6 Å². The molecule has 0 radical (unpaired) electrons. The first-order valence-corrected chi connectivity index (χ1v) is 6.13. The van der Waals surface area contributed by atoms with Gasteiger partial charge in [0.2, 0.25) is 0 Å². The van der Waals surface area contributed by atoms with Gasteiger partial charge < -0.3 is 5.11 Å². The standard InChI is InChI=1S/C10H5FINO2S/c11-6-3-1-2-5(4-6)8-7(9(14)15)13-10(12)16-8/h1-4H,(H,14,15). The number of nitrogens with zero attached hydrogens (tertiary/aromatic N) is 1. The Morgan fingerprint density at radius 3 is 2.88 bits per heavy atom. The Balaban J connectivity index is 2.59. The maximum absolute atomic E-state index is 13.0. The Hall–Kier alpha value is -1.02. The molecule has 0 aliphatic rings. The van der Waals surface area contributed by atoms with Crippen LogP contribution in [0.3, 0.4) is 0 Å². The Bertz CT molecular complexity index is 556. The molecule has 0 amide bonds. The number of hydrogen-bond acceptors (Lipinski definition) is 3. The van der Waals surface area contributed by atoms with E-state index in [-0.39, 0.29) is 5.69 Å². The molecule has 82 valence electrons. The van der Waals surface area contributed by atoms with E-state index in [1.54, 1.807) is 12.1 Å². The number of thiazole rings is 1. The van der Waals surface area contributed by atoms with Gasteiger partial charge in [0.05, 0.1) is 4.88 Å². The van der Waals surface area contributed by atoms with Crippen molar-refractivity contribution >= 4 is 39.9 Å². The summed E-state index contributed by atoms with van der Waals surface area (Å²) in [4.78, 5) is 15.3. The smallest absolute Gasteiger partial charge is 0.356 e. The zero-order chi connectivity index (χ0) is 11.7. The Morgan fingerprint density at radius 1 is 1.50 bits per heavy atom. The third-order valence-corrected chi connectivity index (χ3v) is 3.69. The third-order valence-electron chi connectivity index (χ3n) is 1.89. The molecular weight excluding hydrogens is 344 g/mol. The van der Waals surface area contributed by atoms with Crippen molar-refractivity contribution in [1.82, 2.24) is 4.98 Å². The van der Waals surface area contributed by atoms with Gasteiger partial charge in [-0.25, -0.2) is 14.2 Å². The van der Waals surface area contributed by atoms with Crippen LogP contribution in [0.4, 0.5) is 4.39 Å². The summed E-state index contributed by atoms with van der Waals surface area (Å²) in [6, 6.07) is 5.83. The molecule has 1 aromatic carbocycles. The van der Waals surface area contributed by atoms with Gasteiger partial charge in [-0.1, -0.05) is 12.1 Å². The molecule has 16 heavy (non-hydrogen) atoms. The summed E-state index contributed by atoms with van der Waals surface area (Å²) in [6.07, 6.45) is 0. The van der Waals surface area contributed by atoms with Crippen LogP contribution in [-0.2, 0) is 0 Å². The zero-order valence-corrected chi connectivity index (χ0v) is 10.8. The zero-order valence-electron chi connectivity index (χ0n) is 7.78. The summed E-state index contributed by atoms with van der Waals surface area (Å²) in [5.41, 5.74) is 0.512. The lowest BCUT2D eigenvalue weighted by Crippen LogP contribution is -1.98. The molecule has 3 nitrogen and oxygen atoms in total. The maximum atomic E-state index is 13.0. The molecule has 0 aliphatic heterocycles. The SMILES string of the molecule is O=C(O)c1nc(I)sc1-c1cccc(F)c1. The van der Waals surface area contributed by atoms with E-state index in [1.165, 1.54) is 23.5 Å². The Labute approximate surface area is 108 Å². The molecule has 1 heterocycles. The number of carboxylic acids is 1. The number of aromatic carboxylic acids is 1. The van der Waals surface area contributed by atoms with E-state index >= 15 is 0 Å². The summed E-state index contributed by atoms with van der Waals surface area (Å²) in [6.45, 7) is 0. The van der Waals surface area contributed by atoms with Crippen molar-refractivity contribution in [2.45, 2.75) is 0 Å². The van der Waals surface area contributed by atoms with Gasteiger partial charge in [0.15, 0.2) is 8.71 Å². The predicted molar refractivity (Wildman–Crippen MR) is 67.2 cm³/mol. The molecule has 6 heteroatoms. The molecular formula is C10H5FINO2S. The molecule has 0 bridgehead atoms. The second kappa shape index (κ2) is 4.46. The first-order valence-electron chi connectivity index (χ1n) is 4.23. The van der Waals surface area contributed by atoms with E-state index < -0.39 is 11.8 Å². The van der Waals surface area contributed by atoms with Crippen LogP contribution >= 0.6 is 33.9 Å². The molecule has 2 rings (SSSR count). The minimum atomic E-state index is -1.10. The first kappa shape index (κ1) is 11.5. The molecule has 1 aromatic heterocycles. The quantitative estimate of drug-likeness (QED) is 0.847. The van der Waals surface area contributed by atoms with Crippen LogP contribution < -0.4 is 0 Å². The number of halogens is 2. The average Bonchev–Trinajstić information content (AvgIpc) is 2.60. The highest BCUT2D eigenvalue weighted by molar-refractivity contribution is 14.1. The lowest BCUT2D eigenvalue weighted by molar-refractivity contribution is 0.0692. The van der Waals surface area contributed by atoms with E-state index in [9.17, 15) is 9.18 Å². The summed E-state index contributed by atoms with van der Waals surface area (Å²) in [5, 5.41) is 8.96. The molecule has 0 saturated heterocycles. The van der Waals surface area contributed by atoms with Crippen molar-refractivity contribution in [3.8, 4) is 10.4 Å². The second-order valence-electron chi connectivity index (χ2n) is 2.96. The fraction of sp³-hybridized carbons (Fsp3) is 0. The lowest BCUT2D eigenvalue weighted by Gasteiger charge is -1.98. The van der Waals surface area contributed by atoms with Gasteiger partial charge in [0.25, 0.3) is 0 Å². The largest absolute Gasteiger partial charge is 0.476 e. The van der Waals surface area contributed by atoms with Crippen molar-refractivity contribution < 1.29 is 14.3 Å². The van der Waals surface area contributed by atoms with Gasteiger partial charge in [-0.3, -0.25) is 0 Å². The van der Waals surface area contributed by atoms with E-state index in [0.717, 1.165) is 0 Å². The highest BCUT2D eigenvalue weighted by Gasteiger charge is 2.17. The summed E-state index contributed by atoms with van der Waals surface area (Å²) < 4.78 is 13.6.